The van der Waals surface area contributed by atoms with Crippen molar-refractivity contribution in [3.05, 3.63) is 41.7 Å². The molecule has 5 nitrogen and oxygen atoms in total. The molecule has 0 fully saturated rings. The first kappa shape index (κ1) is 15.6. The average molecular weight is 305 g/mol. The fourth-order valence-electron chi connectivity index (χ4n) is 2.03. The fourth-order valence-corrected chi connectivity index (χ4v) is 2.44. The maximum Gasteiger partial charge on any atom is 0.303 e. The molecule has 2 aromatic rings. The van der Waals surface area contributed by atoms with E-state index in [4.69, 9.17) is 5.11 Å². The van der Waals surface area contributed by atoms with Crippen LogP contribution in [0.5, 0.6) is 0 Å². The van der Waals surface area contributed by atoms with Crippen molar-refractivity contribution in [2.24, 2.45) is 0 Å². The second-order valence-electron chi connectivity index (χ2n) is 4.86. The summed E-state index contributed by atoms with van der Waals surface area (Å²) in [4.78, 5) is 11.7. The molecule has 0 bridgehead atoms. The Hall–Kier alpha value is -1.82. The molecule has 1 heterocycles. The van der Waals surface area contributed by atoms with Crippen LogP contribution in [-0.2, 0) is 17.8 Å². The van der Waals surface area contributed by atoms with Crippen molar-refractivity contribution in [1.29, 1.82) is 0 Å². The molecule has 6 heteroatoms. The summed E-state index contributed by atoms with van der Waals surface area (Å²) in [6.07, 6.45) is 6.49. The average Bonchev–Trinajstić information content (AvgIpc) is 2.92. The highest BCUT2D eigenvalue weighted by Gasteiger charge is 2.03. The molecule has 1 N–H and O–H groups in total. The molecule has 0 saturated heterocycles. The zero-order valence-electron chi connectivity index (χ0n) is 12.0. The van der Waals surface area contributed by atoms with Crippen molar-refractivity contribution in [1.82, 2.24) is 15.0 Å². The summed E-state index contributed by atoms with van der Waals surface area (Å²) in [5, 5.41) is 16.8. The first-order valence-corrected chi connectivity index (χ1v) is 8.13. The zero-order chi connectivity index (χ0) is 15.1. The maximum absolute atomic E-state index is 10.4. The number of thioether (sulfide) groups is 1. The molecule has 1 aromatic heterocycles. The minimum Gasteiger partial charge on any atom is -0.481 e. The van der Waals surface area contributed by atoms with Crippen LogP contribution in [0.15, 0.2) is 35.4 Å². The molecule has 21 heavy (non-hydrogen) atoms. The minimum atomic E-state index is -0.743. The zero-order valence-corrected chi connectivity index (χ0v) is 12.8. The summed E-state index contributed by atoms with van der Waals surface area (Å²) in [6, 6.07) is 8.40. The van der Waals surface area contributed by atoms with Crippen LogP contribution in [0.3, 0.4) is 0 Å². The van der Waals surface area contributed by atoms with Crippen LogP contribution in [-0.4, -0.2) is 32.3 Å². The van der Waals surface area contributed by atoms with Crippen molar-refractivity contribution < 1.29 is 9.90 Å². The predicted octanol–water partition coefficient (Wildman–Crippen LogP) is 2.85. The lowest BCUT2D eigenvalue weighted by atomic mass is 10.1. The number of aryl methyl sites for hydroxylation is 1. The lowest BCUT2D eigenvalue weighted by molar-refractivity contribution is -0.137. The van der Waals surface area contributed by atoms with Gasteiger partial charge in [0, 0.05) is 17.5 Å². The molecule has 0 unspecified atom stereocenters. The topological polar surface area (TPSA) is 68.0 Å². The summed E-state index contributed by atoms with van der Waals surface area (Å²) in [6.45, 7) is 0.705. The monoisotopic (exact) mass is 305 g/mol. The van der Waals surface area contributed by atoms with Crippen LogP contribution in [0.1, 0.15) is 30.5 Å². The molecular formula is C15H19N3O2S. The lowest BCUT2D eigenvalue weighted by Crippen LogP contribution is -2.00. The Bertz CT molecular complexity index is 581. The summed E-state index contributed by atoms with van der Waals surface area (Å²) in [5.74, 6) is -0.743. The third kappa shape index (κ3) is 5.23. The predicted molar refractivity (Wildman–Crippen MR) is 82.5 cm³/mol. The quantitative estimate of drug-likeness (QED) is 0.600. The molecule has 0 radical (unpaired) electrons. The van der Waals surface area contributed by atoms with Crippen molar-refractivity contribution in [3.63, 3.8) is 0 Å². The largest absolute Gasteiger partial charge is 0.481 e. The number of aromatic nitrogens is 3. The number of carboxylic acids is 1. The molecular weight excluding hydrogens is 286 g/mol. The molecule has 0 aliphatic carbocycles. The number of hydrogen-bond donors (Lipinski definition) is 1. The van der Waals surface area contributed by atoms with E-state index in [1.54, 1.807) is 11.8 Å². The number of hydrogen-bond acceptors (Lipinski definition) is 4. The van der Waals surface area contributed by atoms with Gasteiger partial charge in [0.15, 0.2) is 0 Å². The molecule has 0 atom stereocenters. The highest BCUT2D eigenvalue weighted by molar-refractivity contribution is 7.98. The number of rotatable bonds is 8. The molecule has 1 aromatic carbocycles. The number of benzene rings is 1. The molecule has 0 aliphatic heterocycles. The number of unbranched alkanes of at least 4 members (excludes halogenated alkanes) is 1. The van der Waals surface area contributed by atoms with Gasteiger partial charge in [-0.05, 0) is 43.2 Å². The SMILES string of the molecule is CSc1ccc(Cn2cc(CCCCC(=O)O)nn2)cc1. The number of carboxylic acid groups (broad SMARTS) is 1. The van der Waals surface area contributed by atoms with E-state index in [9.17, 15) is 4.79 Å². The molecule has 2 rings (SSSR count). The highest BCUT2D eigenvalue weighted by Crippen LogP contribution is 2.15. The van der Waals surface area contributed by atoms with E-state index in [2.05, 4.69) is 40.8 Å². The first-order chi connectivity index (χ1) is 10.2. The Morgan fingerprint density at radius 2 is 2.05 bits per heavy atom. The third-order valence-electron chi connectivity index (χ3n) is 3.16. The van der Waals surface area contributed by atoms with E-state index in [1.807, 2.05) is 10.9 Å². The van der Waals surface area contributed by atoms with Crippen molar-refractivity contribution in [2.75, 3.05) is 6.26 Å². The van der Waals surface area contributed by atoms with Gasteiger partial charge in [-0.1, -0.05) is 17.3 Å². The smallest absolute Gasteiger partial charge is 0.303 e. The van der Waals surface area contributed by atoms with Crippen LogP contribution in [0, 0.1) is 0 Å². The third-order valence-corrected chi connectivity index (χ3v) is 3.91. The second-order valence-corrected chi connectivity index (χ2v) is 5.74. The standard InChI is InChI=1S/C15H19N3O2S/c1-21-14-8-6-12(7-9-14)10-18-11-13(16-17-18)4-2-3-5-15(19)20/h6-9,11H,2-5,10H2,1H3,(H,19,20). The van der Waals surface area contributed by atoms with Gasteiger partial charge < -0.3 is 5.11 Å². The summed E-state index contributed by atoms with van der Waals surface area (Å²) >= 11 is 1.72. The first-order valence-electron chi connectivity index (χ1n) is 6.91. The lowest BCUT2D eigenvalue weighted by Gasteiger charge is -2.02. The van der Waals surface area contributed by atoms with Crippen LogP contribution in [0.4, 0.5) is 0 Å². The fraction of sp³-hybridized carbons (Fsp3) is 0.400. The molecule has 0 spiro atoms. The Morgan fingerprint density at radius 1 is 1.29 bits per heavy atom. The molecule has 0 amide bonds. The van der Waals surface area contributed by atoms with Crippen molar-refractivity contribution in [3.8, 4) is 0 Å². The normalized spacial score (nSPS) is 10.7. The Balaban J connectivity index is 1.83. The Labute approximate surface area is 128 Å². The summed E-state index contributed by atoms with van der Waals surface area (Å²) in [7, 11) is 0. The molecule has 0 aliphatic rings. The van der Waals surface area contributed by atoms with Crippen LogP contribution >= 0.6 is 11.8 Å². The Kier molecular flexibility index (Phi) is 5.80. The van der Waals surface area contributed by atoms with Gasteiger partial charge in [-0.15, -0.1) is 16.9 Å². The van der Waals surface area contributed by atoms with Gasteiger partial charge in [-0.3, -0.25) is 4.79 Å². The number of aliphatic carboxylic acids is 1. The van der Waals surface area contributed by atoms with Gasteiger partial charge in [0.05, 0.1) is 12.2 Å². The van der Waals surface area contributed by atoms with Gasteiger partial charge in [0.2, 0.25) is 0 Å². The van der Waals surface area contributed by atoms with E-state index in [0.717, 1.165) is 18.5 Å². The minimum absolute atomic E-state index is 0.218. The van der Waals surface area contributed by atoms with E-state index in [1.165, 1.54) is 10.5 Å². The highest BCUT2D eigenvalue weighted by atomic mass is 32.2. The van der Waals surface area contributed by atoms with Crippen LogP contribution < -0.4 is 0 Å². The van der Waals surface area contributed by atoms with Crippen molar-refractivity contribution >= 4 is 17.7 Å². The van der Waals surface area contributed by atoms with E-state index in [-0.39, 0.29) is 6.42 Å². The van der Waals surface area contributed by atoms with Gasteiger partial charge in [-0.2, -0.15) is 0 Å². The summed E-state index contributed by atoms with van der Waals surface area (Å²) in [5.41, 5.74) is 2.11. The van der Waals surface area contributed by atoms with Crippen LogP contribution in [0.2, 0.25) is 0 Å². The second kappa shape index (κ2) is 7.83. The van der Waals surface area contributed by atoms with Gasteiger partial charge >= 0.3 is 5.97 Å². The number of carbonyl (C=O) groups is 1. The van der Waals surface area contributed by atoms with E-state index >= 15 is 0 Å². The Morgan fingerprint density at radius 3 is 2.71 bits per heavy atom. The van der Waals surface area contributed by atoms with Gasteiger partial charge in [0.1, 0.15) is 0 Å². The van der Waals surface area contributed by atoms with Crippen molar-refractivity contribution in [2.45, 2.75) is 37.1 Å². The van der Waals surface area contributed by atoms with Crippen LogP contribution in [0.25, 0.3) is 0 Å². The van der Waals surface area contributed by atoms with Gasteiger partial charge in [0.25, 0.3) is 0 Å². The summed E-state index contributed by atoms with van der Waals surface area (Å²) < 4.78 is 1.82. The molecule has 0 saturated carbocycles. The maximum atomic E-state index is 10.4. The van der Waals surface area contributed by atoms with Gasteiger partial charge in [-0.25, -0.2) is 4.68 Å². The van der Waals surface area contributed by atoms with E-state index in [0.29, 0.717) is 13.0 Å². The molecule has 112 valence electrons. The number of nitrogens with zero attached hydrogens (tertiary/aromatic N) is 3. The van der Waals surface area contributed by atoms with E-state index < -0.39 is 5.97 Å².